The molecule has 6 nitrogen and oxygen atoms in total. The first-order valence-corrected chi connectivity index (χ1v) is 6.61. The number of nitrogens with one attached hydrogen (secondary N) is 2. The number of benzene rings is 1. The summed E-state index contributed by atoms with van der Waals surface area (Å²) in [6.45, 7) is 5.02. The molecule has 0 aliphatic carbocycles. The summed E-state index contributed by atoms with van der Waals surface area (Å²) < 4.78 is 10.6. The van der Waals surface area contributed by atoms with Gasteiger partial charge in [0, 0.05) is 12.6 Å². The predicted molar refractivity (Wildman–Crippen MR) is 72.4 cm³/mol. The molecule has 1 amide bonds. The number of hydrogen-bond donors (Lipinski definition) is 2. The molecular formula is C14H19N2O4+. The zero-order chi connectivity index (χ0) is 14.5. The fourth-order valence-corrected chi connectivity index (χ4v) is 2.17. The number of ether oxygens (including phenoxy) is 2. The predicted octanol–water partition coefficient (Wildman–Crippen LogP) is -0.0571. The molecule has 1 heterocycles. The average Bonchev–Trinajstić information content (AvgIpc) is 2.37. The van der Waals surface area contributed by atoms with Crippen LogP contribution in [0.1, 0.15) is 19.4 Å². The van der Waals surface area contributed by atoms with E-state index in [1.54, 1.807) is 13.0 Å². The van der Waals surface area contributed by atoms with Crippen molar-refractivity contribution in [2.75, 3.05) is 25.2 Å². The number of carbonyl (C=O) groups is 2. The second-order valence-corrected chi connectivity index (χ2v) is 4.70. The Hall–Kier alpha value is -2.08. The molecule has 0 aromatic heterocycles. The van der Waals surface area contributed by atoms with Crippen LogP contribution in [0, 0.1) is 0 Å². The SMILES string of the molecule is CCOC(=O)C[NH+]1COc2ccc(NC(C)=O)cc2C1. The molecule has 2 rings (SSSR count). The number of esters is 1. The van der Waals surface area contributed by atoms with E-state index in [-0.39, 0.29) is 18.4 Å². The van der Waals surface area contributed by atoms with Crippen molar-refractivity contribution in [3.63, 3.8) is 0 Å². The van der Waals surface area contributed by atoms with Crippen LogP contribution >= 0.6 is 0 Å². The minimum Gasteiger partial charge on any atom is -0.462 e. The third kappa shape index (κ3) is 3.71. The molecule has 0 bridgehead atoms. The zero-order valence-corrected chi connectivity index (χ0v) is 11.7. The molecule has 2 N–H and O–H groups in total. The van der Waals surface area contributed by atoms with E-state index in [0.29, 0.717) is 19.9 Å². The Morgan fingerprint density at radius 1 is 1.45 bits per heavy atom. The minimum absolute atomic E-state index is 0.114. The fourth-order valence-electron chi connectivity index (χ4n) is 2.17. The maximum atomic E-state index is 11.5. The van der Waals surface area contributed by atoms with Gasteiger partial charge < -0.3 is 14.8 Å². The highest BCUT2D eigenvalue weighted by molar-refractivity contribution is 5.88. The van der Waals surface area contributed by atoms with Gasteiger partial charge in [-0.05, 0) is 25.1 Å². The molecule has 1 atom stereocenters. The summed E-state index contributed by atoms with van der Waals surface area (Å²) in [6, 6.07) is 5.51. The van der Waals surface area contributed by atoms with Gasteiger partial charge in [-0.25, -0.2) is 4.79 Å². The van der Waals surface area contributed by atoms with Crippen LogP contribution in [0.2, 0.25) is 0 Å². The van der Waals surface area contributed by atoms with Crippen molar-refractivity contribution < 1.29 is 24.0 Å². The Kier molecular flexibility index (Phi) is 4.57. The number of amides is 1. The first-order chi connectivity index (χ1) is 9.58. The molecule has 0 saturated heterocycles. The molecule has 0 spiro atoms. The Morgan fingerprint density at radius 2 is 2.25 bits per heavy atom. The van der Waals surface area contributed by atoms with Gasteiger partial charge in [-0.15, -0.1) is 0 Å². The van der Waals surface area contributed by atoms with Crippen LogP contribution in [-0.4, -0.2) is 31.8 Å². The van der Waals surface area contributed by atoms with Crippen molar-refractivity contribution in [3.8, 4) is 5.75 Å². The maximum absolute atomic E-state index is 11.5. The maximum Gasteiger partial charge on any atom is 0.361 e. The monoisotopic (exact) mass is 279 g/mol. The highest BCUT2D eigenvalue weighted by atomic mass is 16.5. The van der Waals surface area contributed by atoms with Gasteiger partial charge in [-0.1, -0.05) is 0 Å². The highest BCUT2D eigenvalue weighted by Crippen LogP contribution is 2.23. The van der Waals surface area contributed by atoms with Crippen molar-refractivity contribution in [3.05, 3.63) is 23.8 Å². The molecular weight excluding hydrogens is 260 g/mol. The Labute approximate surface area is 117 Å². The summed E-state index contributed by atoms with van der Waals surface area (Å²) in [5, 5.41) is 2.74. The molecule has 1 unspecified atom stereocenters. The number of rotatable bonds is 4. The second-order valence-electron chi connectivity index (χ2n) is 4.70. The van der Waals surface area contributed by atoms with Gasteiger partial charge in [-0.3, -0.25) is 9.69 Å². The first kappa shape index (κ1) is 14.3. The van der Waals surface area contributed by atoms with Gasteiger partial charge in [0.15, 0.2) is 6.54 Å². The normalized spacial score (nSPS) is 16.8. The largest absolute Gasteiger partial charge is 0.462 e. The van der Waals surface area contributed by atoms with E-state index in [1.165, 1.54) is 6.92 Å². The number of carbonyl (C=O) groups excluding carboxylic acids is 2. The van der Waals surface area contributed by atoms with Crippen molar-refractivity contribution in [1.82, 2.24) is 0 Å². The fraction of sp³-hybridized carbons (Fsp3) is 0.429. The van der Waals surface area contributed by atoms with Crippen molar-refractivity contribution >= 4 is 17.6 Å². The van der Waals surface area contributed by atoms with Crippen LogP contribution in [0.5, 0.6) is 5.75 Å². The summed E-state index contributed by atoms with van der Waals surface area (Å²) in [6.07, 6.45) is 0. The molecule has 0 fully saturated rings. The van der Waals surface area contributed by atoms with Crippen molar-refractivity contribution in [2.24, 2.45) is 0 Å². The van der Waals surface area contributed by atoms with E-state index in [0.717, 1.165) is 21.9 Å². The standard InChI is InChI=1S/C14H18N2O4/c1-3-19-14(18)8-16-7-11-6-12(15-10(2)17)4-5-13(11)20-9-16/h4-6H,3,7-9H2,1-2H3,(H,15,17)/p+1. The summed E-state index contributed by atoms with van der Waals surface area (Å²) in [5.41, 5.74) is 1.71. The second kappa shape index (κ2) is 6.38. The van der Waals surface area contributed by atoms with E-state index < -0.39 is 0 Å². The minimum atomic E-state index is -0.229. The van der Waals surface area contributed by atoms with Crippen LogP contribution in [0.25, 0.3) is 0 Å². The van der Waals surface area contributed by atoms with E-state index in [1.807, 2.05) is 12.1 Å². The Morgan fingerprint density at radius 3 is 2.95 bits per heavy atom. The lowest BCUT2D eigenvalue weighted by molar-refractivity contribution is -0.925. The Balaban J connectivity index is 2.04. The highest BCUT2D eigenvalue weighted by Gasteiger charge is 2.23. The van der Waals surface area contributed by atoms with Gasteiger partial charge in [0.2, 0.25) is 12.6 Å². The van der Waals surface area contributed by atoms with E-state index in [2.05, 4.69) is 5.32 Å². The van der Waals surface area contributed by atoms with E-state index in [9.17, 15) is 9.59 Å². The van der Waals surface area contributed by atoms with Crippen LogP contribution in [0.15, 0.2) is 18.2 Å². The van der Waals surface area contributed by atoms with Crippen molar-refractivity contribution in [1.29, 1.82) is 0 Å². The van der Waals surface area contributed by atoms with Gasteiger partial charge >= 0.3 is 5.97 Å². The quantitative estimate of drug-likeness (QED) is 0.758. The first-order valence-electron chi connectivity index (χ1n) is 6.61. The lowest BCUT2D eigenvalue weighted by atomic mass is 10.1. The molecule has 6 heteroatoms. The van der Waals surface area contributed by atoms with Gasteiger partial charge in [-0.2, -0.15) is 0 Å². The smallest absolute Gasteiger partial charge is 0.361 e. The summed E-state index contributed by atoms with van der Waals surface area (Å²) in [7, 11) is 0. The molecule has 1 aliphatic rings. The zero-order valence-electron chi connectivity index (χ0n) is 11.7. The molecule has 1 aliphatic heterocycles. The lowest BCUT2D eigenvalue weighted by Gasteiger charge is -2.25. The van der Waals surface area contributed by atoms with Crippen LogP contribution in [0.3, 0.4) is 0 Å². The molecule has 20 heavy (non-hydrogen) atoms. The van der Waals surface area contributed by atoms with E-state index >= 15 is 0 Å². The van der Waals surface area contributed by atoms with Crippen molar-refractivity contribution in [2.45, 2.75) is 20.4 Å². The third-order valence-corrected chi connectivity index (χ3v) is 2.95. The van der Waals surface area contributed by atoms with Gasteiger partial charge in [0.1, 0.15) is 12.3 Å². The molecule has 108 valence electrons. The Bertz CT molecular complexity index is 516. The lowest BCUT2D eigenvalue weighted by Crippen LogP contribution is -3.13. The van der Waals surface area contributed by atoms with Gasteiger partial charge in [0.25, 0.3) is 0 Å². The third-order valence-electron chi connectivity index (χ3n) is 2.95. The van der Waals surface area contributed by atoms with Crippen LogP contribution < -0.4 is 15.0 Å². The van der Waals surface area contributed by atoms with Crippen LogP contribution in [0.4, 0.5) is 5.69 Å². The summed E-state index contributed by atoms with van der Waals surface area (Å²) in [5.74, 6) is 0.455. The topological polar surface area (TPSA) is 69.1 Å². The van der Waals surface area contributed by atoms with E-state index in [4.69, 9.17) is 9.47 Å². The summed E-state index contributed by atoms with van der Waals surface area (Å²) >= 11 is 0. The molecule has 0 saturated carbocycles. The number of anilines is 1. The average molecular weight is 279 g/mol. The molecule has 0 radical (unpaired) electrons. The molecule has 1 aromatic rings. The number of fused-ring (bicyclic) bond motifs is 1. The summed E-state index contributed by atoms with van der Waals surface area (Å²) in [4.78, 5) is 23.5. The molecule has 1 aromatic carbocycles. The van der Waals surface area contributed by atoms with Gasteiger partial charge in [0.05, 0.1) is 12.2 Å². The number of hydrogen-bond acceptors (Lipinski definition) is 4. The number of quaternary nitrogens is 1. The van der Waals surface area contributed by atoms with Crippen LogP contribution in [-0.2, 0) is 20.9 Å².